The summed E-state index contributed by atoms with van der Waals surface area (Å²) in [5.74, 6) is -0.731. The minimum Gasteiger partial charge on any atom is -0.358 e. The minimum atomic E-state index is -3.77. The molecule has 21 heavy (non-hydrogen) atoms. The van der Waals surface area contributed by atoms with Crippen molar-refractivity contribution in [2.24, 2.45) is 5.92 Å². The standard InChI is InChI=1S/C12H15N3O5S/c1-9(16)10-3-2-6-14(8-10)21(19,20)11-4-5-12(13-7-11)15(17)18/h4-5,7,10H,2-3,6,8H2,1H3. The van der Waals surface area contributed by atoms with E-state index in [1.807, 2.05) is 0 Å². The number of hydrogen-bond donors (Lipinski definition) is 0. The van der Waals surface area contributed by atoms with Gasteiger partial charge in [0.1, 0.15) is 10.7 Å². The summed E-state index contributed by atoms with van der Waals surface area (Å²) in [5.41, 5.74) is 0. The number of carbonyl (C=O) groups is 1. The van der Waals surface area contributed by atoms with Crippen molar-refractivity contribution in [3.05, 3.63) is 28.4 Å². The van der Waals surface area contributed by atoms with Gasteiger partial charge in [0.05, 0.1) is 0 Å². The van der Waals surface area contributed by atoms with Gasteiger partial charge in [-0.05, 0) is 35.7 Å². The molecule has 9 heteroatoms. The molecule has 0 N–H and O–H groups in total. The van der Waals surface area contributed by atoms with Crippen LogP contribution in [0.5, 0.6) is 0 Å². The van der Waals surface area contributed by atoms with E-state index in [4.69, 9.17) is 0 Å². The average Bonchev–Trinajstić information content (AvgIpc) is 2.47. The van der Waals surface area contributed by atoms with Gasteiger partial charge in [-0.3, -0.25) is 4.79 Å². The number of aromatic nitrogens is 1. The number of piperidine rings is 1. The van der Waals surface area contributed by atoms with E-state index in [2.05, 4.69) is 4.98 Å². The molecule has 0 spiro atoms. The summed E-state index contributed by atoms with van der Waals surface area (Å²) in [6, 6.07) is 2.22. The summed E-state index contributed by atoms with van der Waals surface area (Å²) in [7, 11) is -3.77. The van der Waals surface area contributed by atoms with Crippen molar-refractivity contribution < 1.29 is 18.1 Å². The third kappa shape index (κ3) is 3.24. The average molecular weight is 313 g/mol. The highest BCUT2D eigenvalue weighted by molar-refractivity contribution is 7.89. The molecule has 0 aliphatic carbocycles. The molecule has 1 aliphatic rings. The van der Waals surface area contributed by atoms with Crippen molar-refractivity contribution >= 4 is 21.6 Å². The Kier molecular flexibility index (Phi) is 4.33. The molecular formula is C12H15N3O5S. The van der Waals surface area contributed by atoms with Gasteiger partial charge in [0.2, 0.25) is 10.0 Å². The summed E-state index contributed by atoms with van der Waals surface area (Å²) in [4.78, 5) is 24.7. The summed E-state index contributed by atoms with van der Waals surface area (Å²) in [6.07, 6.45) is 2.27. The summed E-state index contributed by atoms with van der Waals surface area (Å²) < 4.78 is 26.1. The van der Waals surface area contributed by atoms with Crippen LogP contribution in [-0.2, 0) is 14.8 Å². The van der Waals surface area contributed by atoms with Crippen LogP contribution in [-0.4, -0.2) is 41.5 Å². The lowest BCUT2D eigenvalue weighted by Gasteiger charge is -2.30. The van der Waals surface area contributed by atoms with E-state index >= 15 is 0 Å². The molecule has 2 rings (SSSR count). The Morgan fingerprint density at radius 2 is 2.19 bits per heavy atom. The van der Waals surface area contributed by atoms with Gasteiger partial charge in [-0.2, -0.15) is 4.31 Å². The van der Waals surface area contributed by atoms with Crippen LogP contribution in [0.25, 0.3) is 0 Å². The number of ketones is 1. The summed E-state index contributed by atoms with van der Waals surface area (Å²) in [6.45, 7) is 1.94. The van der Waals surface area contributed by atoms with E-state index in [0.29, 0.717) is 19.4 Å². The number of carbonyl (C=O) groups excluding carboxylic acids is 1. The third-order valence-corrected chi connectivity index (χ3v) is 5.35. The Bertz CT molecular complexity index is 656. The molecule has 1 saturated heterocycles. The fourth-order valence-electron chi connectivity index (χ4n) is 2.27. The Balaban J connectivity index is 2.24. The zero-order valence-electron chi connectivity index (χ0n) is 11.4. The summed E-state index contributed by atoms with van der Waals surface area (Å²) in [5, 5.41) is 10.5. The predicted octanol–water partition coefficient (Wildman–Crippen LogP) is 0.980. The maximum absolute atomic E-state index is 12.4. The van der Waals surface area contributed by atoms with Crippen LogP contribution >= 0.6 is 0 Å². The molecule has 8 nitrogen and oxygen atoms in total. The number of pyridine rings is 1. The van der Waals surface area contributed by atoms with Crippen molar-refractivity contribution in [2.45, 2.75) is 24.7 Å². The van der Waals surface area contributed by atoms with Crippen molar-refractivity contribution in [1.82, 2.24) is 9.29 Å². The highest BCUT2D eigenvalue weighted by Gasteiger charge is 2.32. The van der Waals surface area contributed by atoms with Crippen LogP contribution in [0.3, 0.4) is 0 Å². The highest BCUT2D eigenvalue weighted by atomic mass is 32.2. The van der Waals surface area contributed by atoms with Gasteiger partial charge in [0.15, 0.2) is 6.20 Å². The third-order valence-electron chi connectivity index (χ3n) is 3.50. The first-order valence-electron chi connectivity index (χ1n) is 6.43. The first kappa shape index (κ1) is 15.5. The zero-order chi connectivity index (χ0) is 15.6. The second-order valence-corrected chi connectivity index (χ2v) is 6.86. The zero-order valence-corrected chi connectivity index (χ0v) is 12.2. The molecular weight excluding hydrogens is 298 g/mol. The van der Waals surface area contributed by atoms with Crippen molar-refractivity contribution in [3.63, 3.8) is 0 Å². The van der Waals surface area contributed by atoms with Crippen molar-refractivity contribution in [2.75, 3.05) is 13.1 Å². The van der Waals surface area contributed by atoms with Crippen LogP contribution in [0.2, 0.25) is 0 Å². The molecule has 2 heterocycles. The van der Waals surface area contributed by atoms with Crippen LogP contribution in [0, 0.1) is 16.0 Å². The van der Waals surface area contributed by atoms with E-state index in [0.717, 1.165) is 18.3 Å². The molecule has 1 atom stereocenters. The normalized spacial score (nSPS) is 20.1. The molecule has 0 saturated carbocycles. The Hall–Kier alpha value is -1.87. The van der Waals surface area contributed by atoms with Crippen LogP contribution in [0.15, 0.2) is 23.2 Å². The van der Waals surface area contributed by atoms with Gasteiger partial charge in [-0.15, -0.1) is 0 Å². The first-order chi connectivity index (χ1) is 9.82. The van der Waals surface area contributed by atoms with Gasteiger partial charge in [0.25, 0.3) is 0 Å². The van der Waals surface area contributed by atoms with E-state index in [1.54, 1.807) is 0 Å². The lowest BCUT2D eigenvalue weighted by molar-refractivity contribution is -0.389. The number of rotatable bonds is 4. The number of sulfonamides is 1. The number of Topliss-reactive ketones (excluding diaryl/α,β-unsaturated/α-hetero) is 1. The Morgan fingerprint density at radius 3 is 2.71 bits per heavy atom. The van der Waals surface area contributed by atoms with Gasteiger partial charge in [-0.1, -0.05) is 0 Å². The Morgan fingerprint density at radius 1 is 1.48 bits per heavy atom. The first-order valence-corrected chi connectivity index (χ1v) is 7.87. The quantitative estimate of drug-likeness (QED) is 0.605. The molecule has 1 aliphatic heterocycles. The SMILES string of the molecule is CC(=O)C1CCCN(S(=O)(=O)c2ccc([N+](=O)[O-])nc2)C1. The number of nitro groups is 1. The highest BCUT2D eigenvalue weighted by Crippen LogP contribution is 2.24. The predicted molar refractivity (Wildman–Crippen MR) is 73.1 cm³/mol. The van der Waals surface area contributed by atoms with Gasteiger partial charge in [-0.25, -0.2) is 8.42 Å². The lowest BCUT2D eigenvalue weighted by atomic mass is 9.96. The molecule has 1 aromatic heterocycles. The van der Waals surface area contributed by atoms with E-state index in [-0.39, 0.29) is 23.1 Å². The van der Waals surface area contributed by atoms with E-state index in [1.165, 1.54) is 11.2 Å². The molecule has 0 radical (unpaired) electrons. The van der Waals surface area contributed by atoms with Crippen LogP contribution in [0.4, 0.5) is 5.82 Å². The van der Waals surface area contributed by atoms with Crippen molar-refractivity contribution in [3.8, 4) is 0 Å². The molecule has 0 bridgehead atoms. The second-order valence-electron chi connectivity index (χ2n) is 4.92. The van der Waals surface area contributed by atoms with Gasteiger partial charge >= 0.3 is 5.82 Å². The topological polar surface area (TPSA) is 110 Å². The lowest BCUT2D eigenvalue weighted by Crippen LogP contribution is -2.41. The molecule has 1 fully saturated rings. The van der Waals surface area contributed by atoms with Gasteiger partial charge in [0, 0.05) is 25.1 Å². The smallest absolute Gasteiger partial charge is 0.358 e. The monoisotopic (exact) mass is 313 g/mol. The molecule has 0 aromatic carbocycles. The van der Waals surface area contributed by atoms with Crippen molar-refractivity contribution in [1.29, 1.82) is 0 Å². The van der Waals surface area contributed by atoms with E-state index in [9.17, 15) is 23.3 Å². The fraction of sp³-hybridized carbons (Fsp3) is 0.500. The molecule has 114 valence electrons. The van der Waals surface area contributed by atoms with E-state index < -0.39 is 20.8 Å². The maximum Gasteiger partial charge on any atom is 0.363 e. The number of nitrogens with zero attached hydrogens (tertiary/aromatic N) is 3. The second kappa shape index (κ2) is 5.86. The molecule has 1 aromatic rings. The maximum atomic E-state index is 12.4. The van der Waals surface area contributed by atoms with Gasteiger partial charge < -0.3 is 10.1 Å². The summed E-state index contributed by atoms with van der Waals surface area (Å²) >= 11 is 0. The minimum absolute atomic E-state index is 0.0308. The van der Waals surface area contributed by atoms with Crippen LogP contribution in [0.1, 0.15) is 19.8 Å². The fourth-order valence-corrected chi connectivity index (χ4v) is 3.74. The molecule has 0 amide bonds. The Labute approximate surface area is 122 Å². The largest absolute Gasteiger partial charge is 0.363 e. The van der Waals surface area contributed by atoms with Crippen LogP contribution < -0.4 is 0 Å². The number of hydrogen-bond acceptors (Lipinski definition) is 6. The molecule has 1 unspecified atom stereocenters.